The Bertz CT molecular complexity index is 470. The molecule has 0 rings (SSSR count). The van der Waals surface area contributed by atoms with Crippen LogP contribution in [0.3, 0.4) is 0 Å². The van der Waals surface area contributed by atoms with Crippen molar-refractivity contribution in [2.75, 3.05) is 13.2 Å². The number of hydrogen-bond donors (Lipinski definition) is 1. The fraction of sp³-hybridized carbons (Fsp3) is 0.857. The maximum absolute atomic E-state index is 12.1. The predicted octanol–water partition coefficient (Wildman–Crippen LogP) is -0.784. The normalized spacial score (nSPS) is 13.6. The number of rotatable bonds is 11. The SMILES string of the molecule is CCCCCCC(CC(=O)OCC)(C(=O)OCC)S(=O)(=O)O.[H-].[Na+]. The molecule has 1 atom stereocenters. The maximum atomic E-state index is 12.1. The van der Waals surface area contributed by atoms with Crippen LogP contribution in [0.25, 0.3) is 0 Å². The van der Waals surface area contributed by atoms with Gasteiger partial charge in [0.2, 0.25) is 4.75 Å². The van der Waals surface area contributed by atoms with Crippen molar-refractivity contribution in [1.29, 1.82) is 0 Å². The molecule has 0 bridgehead atoms. The van der Waals surface area contributed by atoms with E-state index < -0.39 is 33.2 Å². The van der Waals surface area contributed by atoms with Crippen molar-refractivity contribution in [2.45, 2.75) is 64.0 Å². The molecule has 23 heavy (non-hydrogen) atoms. The molecule has 0 amide bonds. The van der Waals surface area contributed by atoms with E-state index in [1.807, 2.05) is 6.92 Å². The molecule has 0 aliphatic carbocycles. The summed E-state index contributed by atoms with van der Waals surface area (Å²) in [5, 5.41) is 0. The van der Waals surface area contributed by atoms with Gasteiger partial charge in [-0.3, -0.25) is 14.1 Å². The van der Waals surface area contributed by atoms with E-state index in [1.165, 1.54) is 6.92 Å². The molecule has 0 saturated heterocycles. The molecule has 1 N–H and O–H groups in total. The van der Waals surface area contributed by atoms with Gasteiger partial charge in [-0.25, -0.2) is 0 Å². The van der Waals surface area contributed by atoms with Gasteiger partial charge in [-0.2, -0.15) is 8.42 Å². The molecule has 1 unspecified atom stereocenters. The summed E-state index contributed by atoms with van der Waals surface area (Å²) in [6.07, 6.45) is 1.94. The molecule has 0 fully saturated rings. The zero-order valence-corrected chi connectivity index (χ0v) is 17.3. The zero-order chi connectivity index (χ0) is 17.2. The summed E-state index contributed by atoms with van der Waals surface area (Å²) < 4.78 is 40.4. The van der Waals surface area contributed by atoms with Crippen molar-refractivity contribution < 1.29 is 63.0 Å². The van der Waals surface area contributed by atoms with E-state index in [0.717, 1.165) is 12.8 Å². The zero-order valence-electron chi connectivity index (χ0n) is 15.5. The van der Waals surface area contributed by atoms with Crippen LogP contribution in [-0.2, 0) is 29.2 Å². The molecule has 0 aromatic heterocycles. The molecule has 132 valence electrons. The summed E-state index contributed by atoms with van der Waals surface area (Å²) in [5.41, 5.74) is 0. The second kappa shape index (κ2) is 12.2. The largest absolute Gasteiger partial charge is 1.00 e. The average molecular weight is 362 g/mol. The topological polar surface area (TPSA) is 107 Å². The van der Waals surface area contributed by atoms with Gasteiger partial charge in [-0.15, -0.1) is 0 Å². The van der Waals surface area contributed by atoms with Crippen LogP contribution in [0.1, 0.15) is 60.7 Å². The Labute approximate surface area is 162 Å². The minimum absolute atomic E-state index is 0. The van der Waals surface area contributed by atoms with Crippen LogP contribution >= 0.6 is 0 Å². The first kappa shape index (κ1) is 25.1. The van der Waals surface area contributed by atoms with Crippen LogP contribution in [0.4, 0.5) is 0 Å². The maximum Gasteiger partial charge on any atom is 1.00 e. The van der Waals surface area contributed by atoms with Crippen molar-refractivity contribution in [3.63, 3.8) is 0 Å². The molecule has 0 aliphatic rings. The molecule has 0 saturated carbocycles. The second-order valence-electron chi connectivity index (χ2n) is 4.98. The van der Waals surface area contributed by atoms with E-state index in [2.05, 4.69) is 0 Å². The number of esters is 2. The fourth-order valence-electron chi connectivity index (χ4n) is 2.13. The standard InChI is InChI=1S/C14H26O7S.Na.H/c1-4-7-8-9-10-14(22(17,18)19,13(16)21-6-3)11-12(15)20-5-2;;/h4-11H2,1-3H3,(H,17,18,19);;/q;+1;-1. The van der Waals surface area contributed by atoms with Crippen LogP contribution in [0.15, 0.2) is 0 Å². The molecule has 7 nitrogen and oxygen atoms in total. The number of carbonyl (C=O) groups excluding carboxylic acids is 2. The Balaban J connectivity index is -0.00000220. The molecule has 0 spiro atoms. The van der Waals surface area contributed by atoms with E-state index >= 15 is 0 Å². The summed E-state index contributed by atoms with van der Waals surface area (Å²) in [4.78, 5) is 23.8. The van der Waals surface area contributed by atoms with Gasteiger partial charge in [0, 0.05) is 0 Å². The molecule has 9 heteroatoms. The average Bonchev–Trinajstić information content (AvgIpc) is 2.41. The summed E-state index contributed by atoms with van der Waals surface area (Å²) in [6.45, 7) is 5.08. The Kier molecular flexibility index (Phi) is 13.4. The van der Waals surface area contributed by atoms with Crippen LogP contribution in [0, 0.1) is 0 Å². The fourth-order valence-corrected chi connectivity index (χ4v) is 3.11. The van der Waals surface area contributed by atoms with Crippen LogP contribution in [0.5, 0.6) is 0 Å². The number of ether oxygens (including phenoxy) is 2. The Morgan fingerprint density at radius 2 is 1.61 bits per heavy atom. The summed E-state index contributed by atoms with van der Waals surface area (Å²) in [7, 11) is -4.82. The third-order valence-corrected chi connectivity index (χ3v) is 4.81. The van der Waals surface area contributed by atoms with Crippen LogP contribution in [-0.4, -0.2) is 42.9 Å². The third kappa shape index (κ3) is 7.98. The van der Waals surface area contributed by atoms with Gasteiger partial charge in [0.25, 0.3) is 10.1 Å². The third-order valence-electron chi connectivity index (χ3n) is 3.31. The van der Waals surface area contributed by atoms with Gasteiger partial charge in [0.1, 0.15) is 0 Å². The second-order valence-corrected chi connectivity index (χ2v) is 6.71. The Hall–Kier alpha value is -0.150. The van der Waals surface area contributed by atoms with E-state index in [-0.39, 0.29) is 50.6 Å². The predicted molar refractivity (Wildman–Crippen MR) is 82.0 cm³/mol. The van der Waals surface area contributed by atoms with Gasteiger partial charge < -0.3 is 10.9 Å². The first-order valence-electron chi connectivity index (χ1n) is 7.55. The Morgan fingerprint density at radius 3 is 2.04 bits per heavy atom. The van der Waals surface area contributed by atoms with Gasteiger partial charge in [-0.05, 0) is 20.3 Å². The van der Waals surface area contributed by atoms with E-state index in [1.54, 1.807) is 6.92 Å². The van der Waals surface area contributed by atoms with Crippen molar-refractivity contribution in [2.24, 2.45) is 0 Å². The quantitative estimate of drug-likeness (QED) is 0.222. The molecule has 0 aliphatic heterocycles. The Morgan fingerprint density at radius 1 is 1.04 bits per heavy atom. The number of hydrogen-bond acceptors (Lipinski definition) is 6. The van der Waals surface area contributed by atoms with Crippen LogP contribution in [0.2, 0.25) is 0 Å². The molecule has 0 aromatic rings. The van der Waals surface area contributed by atoms with E-state index in [0.29, 0.717) is 12.8 Å². The van der Waals surface area contributed by atoms with Gasteiger partial charge in [-0.1, -0.05) is 32.6 Å². The summed E-state index contributed by atoms with van der Waals surface area (Å²) in [5.74, 6) is -1.97. The van der Waals surface area contributed by atoms with Gasteiger partial charge >= 0.3 is 41.5 Å². The van der Waals surface area contributed by atoms with Crippen molar-refractivity contribution in [3.8, 4) is 0 Å². The molecule has 0 radical (unpaired) electrons. The first-order valence-corrected chi connectivity index (χ1v) is 8.99. The van der Waals surface area contributed by atoms with Gasteiger partial charge in [0.15, 0.2) is 0 Å². The number of carbonyl (C=O) groups is 2. The van der Waals surface area contributed by atoms with Crippen LogP contribution < -0.4 is 29.6 Å². The monoisotopic (exact) mass is 362 g/mol. The summed E-state index contributed by atoms with van der Waals surface area (Å²) >= 11 is 0. The van der Waals surface area contributed by atoms with E-state index in [4.69, 9.17) is 9.47 Å². The molecule has 0 heterocycles. The van der Waals surface area contributed by atoms with Gasteiger partial charge in [0.05, 0.1) is 19.6 Å². The van der Waals surface area contributed by atoms with Crippen molar-refractivity contribution in [3.05, 3.63) is 0 Å². The first-order chi connectivity index (χ1) is 10.2. The molecular weight excluding hydrogens is 335 g/mol. The summed E-state index contributed by atoms with van der Waals surface area (Å²) in [6, 6.07) is 0. The number of unbranched alkanes of at least 4 members (excludes halogenated alkanes) is 3. The minimum atomic E-state index is -4.82. The molecule has 0 aromatic carbocycles. The smallest absolute Gasteiger partial charge is 1.00 e. The van der Waals surface area contributed by atoms with Crippen molar-refractivity contribution in [1.82, 2.24) is 0 Å². The minimum Gasteiger partial charge on any atom is -1.00 e. The molecular formula is C14H27NaO7S. The van der Waals surface area contributed by atoms with Crippen molar-refractivity contribution >= 4 is 22.1 Å². The van der Waals surface area contributed by atoms with E-state index in [9.17, 15) is 22.6 Å².